The van der Waals surface area contributed by atoms with Crippen LogP contribution in [-0.4, -0.2) is 28.6 Å². The minimum absolute atomic E-state index is 0.217. The van der Waals surface area contributed by atoms with E-state index >= 15 is 0 Å². The van der Waals surface area contributed by atoms with E-state index < -0.39 is 11.5 Å². The molecule has 0 aliphatic rings. The second-order valence-electron chi connectivity index (χ2n) is 20.0. The number of hydrogen-bond acceptors (Lipinski definition) is 4. The van der Waals surface area contributed by atoms with Crippen LogP contribution in [0.3, 0.4) is 0 Å². The van der Waals surface area contributed by atoms with Crippen LogP contribution in [0.25, 0.3) is 0 Å². The molecule has 0 spiro atoms. The van der Waals surface area contributed by atoms with Gasteiger partial charge in [-0.2, -0.15) is 0 Å². The van der Waals surface area contributed by atoms with Crippen molar-refractivity contribution in [3.05, 3.63) is 0 Å². The number of unbranched alkanes of at least 4 members (excludes halogenated alkanes) is 42. The molecule has 1 unspecified atom stereocenters. The van der Waals surface area contributed by atoms with Gasteiger partial charge in [0.05, 0.1) is 0 Å². The van der Waals surface area contributed by atoms with Gasteiger partial charge >= 0.3 is 0 Å². The molecular weight excluding hydrogens is 749 g/mol. The molecule has 1 N–H and O–H groups in total. The highest BCUT2D eigenvalue weighted by atomic mass is 16.3. The fraction of sp³-hybridized carbons (Fsp3) is 0.947. The Balaban J connectivity index is 4.60. The third-order valence-corrected chi connectivity index (χ3v) is 14.1. The quantitative estimate of drug-likeness (QED) is 0.0489. The molecule has 0 bridgehead atoms. The molecule has 0 saturated heterocycles. The van der Waals surface area contributed by atoms with E-state index in [4.69, 9.17) is 0 Å². The normalized spacial score (nSPS) is 12.3. The fourth-order valence-corrected chi connectivity index (χ4v) is 9.42. The highest BCUT2D eigenvalue weighted by Gasteiger charge is 2.48. The van der Waals surface area contributed by atoms with Crippen LogP contribution in [0.4, 0.5) is 0 Å². The standard InChI is InChI=1S/C57H110O4/c1-5-8-11-14-17-20-23-26-29-32-35-38-41-44-47-50-53(58)56(61)57(4,54(59)51-48-45-42-39-36-33-30-27-24-21-18-15-12-9-6-2)55(60)52-49-46-43-40-37-34-31-28-25-22-19-16-13-10-7-3/h56,61H,5-52H2,1-4H3. The third kappa shape index (κ3) is 37.0. The Labute approximate surface area is 382 Å². The maximum absolute atomic E-state index is 13.8. The first-order valence-corrected chi connectivity index (χ1v) is 28.1. The molecule has 0 saturated carbocycles. The highest BCUT2D eigenvalue weighted by Crippen LogP contribution is 2.32. The largest absolute Gasteiger partial charge is 0.384 e. The molecule has 0 amide bonds. The molecule has 4 heteroatoms. The van der Waals surface area contributed by atoms with Crippen molar-refractivity contribution in [2.45, 2.75) is 342 Å². The number of carbonyl (C=O) groups is 3. The van der Waals surface area contributed by atoms with Crippen molar-refractivity contribution in [3.63, 3.8) is 0 Å². The molecule has 0 aromatic heterocycles. The van der Waals surface area contributed by atoms with Gasteiger partial charge in [-0.1, -0.05) is 290 Å². The summed E-state index contributed by atoms with van der Waals surface area (Å²) in [5.41, 5.74) is -1.61. The molecule has 0 aromatic carbocycles. The van der Waals surface area contributed by atoms with Crippen LogP contribution in [0.15, 0.2) is 0 Å². The van der Waals surface area contributed by atoms with Crippen LogP contribution >= 0.6 is 0 Å². The molecule has 0 fully saturated rings. The third-order valence-electron chi connectivity index (χ3n) is 14.1. The number of hydrogen-bond donors (Lipinski definition) is 1. The monoisotopic (exact) mass is 859 g/mol. The van der Waals surface area contributed by atoms with Crippen LogP contribution in [0.5, 0.6) is 0 Å². The van der Waals surface area contributed by atoms with Crippen molar-refractivity contribution >= 4 is 17.3 Å². The Morgan fingerprint density at radius 2 is 0.459 bits per heavy atom. The molecule has 61 heavy (non-hydrogen) atoms. The Hall–Kier alpha value is -1.03. The molecular formula is C57H110O4. The maximum Gasteiger partial charge on any atom is 0.162 e. The zero-order chi connectivity index (χ0) is 44.8. The lowest BCUT2D eigenvalue weighted by Gasteiger charge is -2.31. The van der Waals surface area contributed by atoms with Crippen molar-refractivity contribution < 1.29 is 19.5 Å². The lowest BCUT2D eigenvalue weighted by atomic mass is 9.71. The lowest BCUT2D eigenvalue weighted by Crippen LogP contribution is -2.50. The van der Waals surface area contributed by atoms with E-state index in [1.807, 2.05) is 0 Å². The first-order valence-electron chi connectivity index (χ1n) is 28.1. The Morgan fingerprint density at radius 1 is 0.295 bits per heavy atom. The van der Waals surface area contributed by atoms with Crippen molar-refractivity contribution in [1.29, 1.82) is 0 Å². The number of ketones is 3. The van der Waals surface area contributed by atoms with E-state index in [1.54, 1.807) is 6.92 Å². The number of aliphatic hydroxyl groups excluding tert-OH is 1. The predicted octanol–water partition coefficient (Wildman–Crippen LogP) is 18.8. The highest BCUT2D eigenvalue weighted by molar-refractivity contribution is 6.11. The van der Waals surface area contributed by atoms with Gasteiger partial charge in [-0.05, 0) is 26.2 Å². The first kappa shape index (κ1) is 60.0. The summed E-state index contributed by atoms with van der Waals surface area (Å²) in [4.78, 5) is 41.1. The number of Topliss-reactive ketones (excluding diaryl/α,β-unsaturated/α-hetero) is 3. The smallest absolute Gasteiger partial charge is 0.162 e. The maximum atomic E-state index is 13.8. The minimum atomic E-state index is -1.61. The van der Waals surface area contributed by atoms with Gasteiger partial charge in [0, 0.05) is 19.3 Å². The summed E-state index contributed by atoms with van der Waals surface area (Å²) >= 11 is 0. The summed E-state index contributed by atoms with van der Waals surface area (Å²) in [6.45, 7) is 8.43. The number of aliphatic hydroxyl groups is 1. The summed E-state index contributed by atoms with van der Waals surface area (Å²) in [7, 11) is 0. The van der Waals surface area contributed by atoms with Crippen molar-refractivity contribution in [1.82, 2.24) is 0 Å². The lowest BCUT2D eigenvalue weighted by molar-refractivity contribution is -0.154. The van der Waals surface area contributed by atoms with Gasteiger partial charge in [-0.25, -0.2) is 0 Å². The fourth-order valence-electron chi connectivity index (χ4n) is 9.42. The van der Waals surface area contributed by atoms with Gasteiger partial charge in [-0.15, -0.1) is 0 Å². The molecule has 362 valence electrons. The van der Waals surface area contributed by atoms with Gasteiger partial charge in [0.15, 0.2) is 5.78 Å². The van der Waals surface area contributed by atoms with E-state index in [-0.39, 0.29) is 36.6 Å². The number of rotatable bonds is 52. The van der Waals surface area contributed by atoms with Crippen LogP contribution in [0, 0.1) is 5.41 Å². The molecule has 0 heterocycles. The van der Waals surface area contributed by atoms with Crippen molar-refractivity contribution in [2.75, 3.05) is 0 Å². The molecule has 1 atom stereocenters. The summed E-state index contributed by atoms with van der Waals surface area (Å²) < 4.78 is 0. The molecule has 0 aliphatic heterocycles. The van der Waals surface area contributed by atoms with Crippen LogP contribution in [0.1, 0.15) is 336 Å². The van der Waals surface area contributed by atoms with Crippen LogP contribution in [-0.2, 0) is 14.4 Å². The SMILES string of the molecule is CCCCCCCCCCCCCCCCCC(=O)C(O)C(C)(C(=O)CCCCCCCCCCCCCCCCC)C(=O)CCCCCCCCCCCCCCCCC. The Morgan fingerprint density at radius 3 is 0.656 bits per heavy atom. The second-order valence-corrected chi connectivity index (χ2v) is 20.0. The molecule has 4 nitrogen and oxygen atoms in total. The van der Waals surface area contributed by atoms with E-state index in [0.717, 1.165) is 57.8 Å². The van der Waals surface area contributed by atoms with Crippen LogP contribution in [0.2, 0.25) is 0 Å². The van der Waals surface area contributed by atoms with E-state index in [9.17, 15) is 19.5 Å². The topological polar surface area (TPSA) is 71.4 Å². The van der Waals surface area contributed by atoms with Crippen LogP contribution < -0.4 is 0 Å². The summed E-state index contributed by atoms with van der Waals surface area (Å²) in [5.74, 6) is -0.747. The van der Waals surface area contributed by atoms with E-state index in [0.29, 0.717) is 0 Å². The van der Waals surface area contributed by atoms with E-state index in [1.165, 1.54) is 231 Å². The minimum Gasteiger partial charge on any atom is -0.384 e. The molecule has 0 rings (SSSR count). The van der Waals surface area contributed by atoms with Gasteiger partial charge in [0.25, 0.3) is 0 Å². The summed E-state index contributed by atoms with van der Waals surface area (Å²) in [5, 5.41) is 11.5. The average Bonchev–Trinajstić information content (AvgIpc) is 3.26. The van der Waals surface area contributed by atoms with Gasteiger partial charge in [-0.3, -0.25) is 14.4 Å². The predicted molar refractivity (Wildman–Crippen MR) is 268 cm³/mol. The summed E-state index contributed by atoms with van der Waals surface area (Å²) in [6.07, 6.45) is 56.0. The van der Waals surface area contributed by atoms with Crippen molar-refractivity contribution in [3.8, 4) is 0 Å². The number of carbonyl (C=O) groups excluding carboxylic acids is 3. The van der Waals surface area contributed by atoms with E-state index in [2.05, 4.69) is 20.8 Å². The average molecular weight is 860 g/mol. The Bertz CT molecular complexity index is 896. The van der Waals surface area contributed by atoms with Gasteiger partial charge in [0.1, 0.15) is 23.1 Å². The van der Waals surface area contributed by atoms with Gasteiger partial charge in [0.2, 0.25) is 0 Å². The zero-order valence-electron chi connectivity index (χ0n) is 42.2. The molecule has 0 aliphatic carbocycles. The Kier molecular flexibility index (Phi) is 46.2. The second kappa shape index (κ2) is 46.9. The first-order chi connectivity index (χ1) is 29.9. The molecule has 0 aromatic rings. The summed E-state index contributed by atoms with van der Waals surface area (Å²) in [6, 6.07) is 0. The van der Waals surface area contributed by atoms with Crippen molar-refractivity contribution in [2.24, 2.45) is 5.41 Å². The van der Waals surface area contributed by atoms with Gasteiger partial charge < -0.3 is 5.11 Å². The molecule has 0 radical (unpaired) electrons. The zero-order valence-corrected chi connectivity index (χ0v) is 42.2.